The van der Waals surface area contributed by atoms with Gasteiger partial charge in [-0.2, -0.15) is 0 Å². The van der Waals surface area contributed by atoms with Crippen molar-refractivity contribution in [2.75, 3.05) is 13.2 Å². The standard InChI is InChI=1S/C11H16O3/c12-10-3-1-2-9(8-10)4-5-11-13-6-7-14-11/h8,11H,1-7H2. The number of rotatable bonds is 3. The van der Waals surface area contributed by atoms with Gasteiger partial charge in [0.15, 0.2) is 12.1 Å². The molecular weight excluding hydrogens is 180 g/mol. The Kier molecular flexibility index (Phi) is 3.32. The third kappa shape index (κ3) is 2.66. The van der Waals surface area contributed by atoms with Crippen LogP contribution in [0.3, 0.4) is 0 Å². The average Bonchev–Trinajstić information content (AvgIpc) is 2.67. The molecule has 0 aromatic carbocycles. The molecule has 0 spiro atoms. The zero-order chi connectivity index (χ0) is 9.80. The van der Waals surface area contributed by atoms with Crippen LogP contribution in [-0.2, 0) is 14.3 Å². The van der Waals surface area contributed by atoms with Crippen LogP contribution in [0.2, 0.25) is 0 Å². The molecule has 0 bridgehead atoms. The normalized spacial score (nSPS) is 24.0. The molecule has 3 heteroatoms. The molecular formula is C11H16O3. The van der Waals surface area contributed by atoms with Crippen molar-refractivity contribution >= 4 is 5.78 Å². The summed E-state index contributed by atoms with van der Waals surface area (Å²) in [5.41, 5.74) is 1.26. The first-order chi connectivity index (χ1) is 6.84. The molecule has 2 rings (SSSR count). The monoisotopic (exact) mass is 196 g/mol. The Morgan fingerprint density at radius 3 is 2.79 bits per heavy atom. The van der Waals surface area contributed by atoms with Crippen LogP contribution >= 0.6 is 0 Å². The van der Waals surface area contributed by atoms with Crippen LogP contribution in [0.1, 0.15) is 32.1 Å². The van der Waals surface area contributed by atoms with Crippen molar-refractivity contribution in [3.8, 4) is 0 Å². The summed E-state index contributed by atoms with van der Waals surface area (Å²) in [7, 11) is 0. The van der Waals surface area contributed by atoms with Gasteiger partial charge in [-0.25, -0.2) is 0 Å². The Balaban J connectivity index is 1.76. The van der Waals surface area contributed by atoms with Crippen molar-refractivity contribution in [3.63, 3.8) is 0 Å². The molecule has 0 aromatic heterocycles. The summed E-state index contributed by atoms with van der Waals surface area (Å²) in [5.74, 6) is 0.277. The molecule has 0 N–H and O–H groups in total. The van der Waals surface area contributed by atoms with Gasteiger partial charge in [0.25, 0.3) is 0 Å². The summed E-state index contributed by atoms with van der Waals surface area (Å²) in [6.07, 6.45) is 6.40. The number of hydrogen-bond acceptors (Lipinski definition) is 3. The summed E-state index contributed by atoms with van der Waals surface area (Å²) >= 11 is 0. The van der Waals surface area contributed by atoms with E-state index in [-0.39, 0.29) is 12.1 Å². The molecule has 1 fully saturated rings. The SMILES string of the molecule is O=C1C=C(CCC2OCCO2)CCC1. The van der Waals surface area contributed by atoms with Crippen molar-refractivity contribution in [1.29, 1.82) is 0 Å². The molecule has 0 aromatic rings. The second kappa shape index (κ2) is 4.71. The molecule has 14 heavy (non-hydrogen) atoms. The molecule has 1 aliphatic carbocycles. The highest BCUT2D eigenvalue weighted by Crippen LogP contribution is 2.22. The van der Waals surface area contributed by atoms with E-state index in [0.29, 0.717) is 13.2 Å². The van der Waals surface area contributed by atoms with E-state index in [9.17, 15) is 4.79 Å². The van der Waals surface area contributed by atoms with Crippen molar-refractivity contribution in [2.24, 2.45) is 0 Å². The Labute approximate surface area is 84.1 Å². The van der Waals surface area contributed by atoms with Crippen molar-refractivity contribution in [2.45, 2.75) is 38.4 Å². The highest BCUT2D eigenvalue weighted by Gasteiger charge is 2.17. The average molecular weight is 196 g/mol. The summed E-state index contributed by atoms with van der Waals surface area (Å²) in [4.78, 5) is 11.1. The fraction of sp³-hybridized carbons (Fsp3) is 0.727. The number of ketones is 1. The Bertz CT molecular complexity index is 239. The van der Waals surface area contributed by atoms with Gasteiger partial charge in [0.05, 0.1) is 13.2 Å². The smallest absolute Gasteiger partial charge is 0.158 e. The van der Waals surface area contributed by atoms with E-state index < -0.39 is 0 Å². The number of hydrogen-bond donors (Lipinski definition) is 0. The number of allylic oxidation sites excluding steroid dienone is 2. The second-order valence-corrected chi connectivity index (χ2v) is 3.83. The van der Waals surface area contributed by atoms with Crippen LogP contribution in [-0.4, -0.2) is 25.3 Å². The lowest BCUT2D eigenvalue weighted by atomic mass is 9.95. The minimum atomic E-state index is -0.0343. The largest absolute Gasteiger partial charge is 0.350 e. The van der Waals surface area contributed by atoms with E-state index >= 15 is 0 Å². The molecule has 1 saturated heterocycles. The van der Waals surface area contributed by atoms with E-state index in [2.05, 4.69) is 0 Å². The quantitative estimate of drug-likeness (QED) is 0.690. The van der Waals surface area contributed by atoms with Crippen LogP contribution in [0.5, 0.6) is 0 Å². The van der Waals surface area contributed by atoms with E-state index in [0.717, 1.165) is 32.1 Å². The zero-order valence-electron chi connectivity index (χ0n) is 8.33. The Hall–Kier alpha value is -0.670. The lowest BCUT2D eigenvalue weighted by molar-refractivity contribution is -0.115. The predicted molar refractivity (Wildman–Crippen MR) is 51.9 cm³/mol. The van der Waals surface area contributed by atoms with Crippen molar-refractivity contribution in [1.82, 2.24) is 0 Å². The lowest BCUT2D eigenvalue weighted by Crippen LogP contribution is -2.09. The van der Waals surface area contributed by atoms with Crippen LogP contribution in [0.4, 0.5) is 0 Å². The molecule has 0 atom stereocenters. The van der Waals surface area contributed by atoms with E-state index in [1.54, 1.807) is 6.08 Å². The second-order valence-electron chi connectivity index (χ2n) is 3.83. The third-order valence-electron chi connectivity index (χ3n) is 2.68. The maximum atomic E-state index is 11.1. The molecule has 0 amide bonds. The molecule has 1 aliphatic heterocycles. The van der Waals surface area contributed by atoms with Gasteiger partial charge in [0.1, 0.15) is 0 Å². The van der Waals surface area contributed by atoms with Crippen LogP contribution < -0.4 is 0 Å². The Morgan fingerprint density at radius 2 is 2.07 bits per heavy atom. The van der Waals surface area contributed by atoms with Gasteiger partial charge in [-0.15, -0.1) is 0 Å². The third-order valence-corrected chi connectivity index (χ3v) is 2.68. The summed E-state index contributed by atoms with van der Waals surface area (Å²) < 4.78 is 10.7. The molecule has 3 nitrogen and oxygen atoms in total. The fourth-order valence-electron chi connectivity index (χ4n) is 1.94. The molecule has 1 heterocycles. The Morgan fingerprint density at radius 1 is 1.29 bits per heavy atom. The highest BCUT2D eigenvalue weighted by atomic mass is 16.7. The topological polar surface area (TPSA) is 35.5 Å². The van der Waals surface area contributed by atoms with Gasteiger partial charge in [-0.05, 0) is 25.3 Å². The fourth-order valence-corrected chi connectivity index (χ4v) is 1.94. The van der Waals surface area contributed by atoms with Gasteiger partial charge in [0.2, 0.25) is 0 Å². The molecule has 0 saturated carbocycles. The number of ether oxygens (including phenoxy) is 2. The molecule has 2 aliphatic rings. The summed E-state index contributed by atoms with van der Waals surface area (Å²) in [6.45, 7) is 1.42. The minimum Gasteiger partial charge on any atom is -0.350 e. The molecule has 78 valence electrons. The first-order valence-corrected chi connectivity index (χ1v) is 5.30. The maximum absolute atomic E-state index is 11.1. The lowest BCUT2D eigenvalue weighted by Gasteiger charge is -2.13. The van der Waals surface area contributed by atoms with Crippen molar-refractivity contribution in [3.05, 3.63) is 11.6 Å². The van der Waals surface area contributed by atoms with Crippen molar-refractivity contribution < 1.29 is 14.3 Å². The summed E-state index contributed by atoms with van der Waals surface area (Å²) in [5, 5.41) is 0. The van der Waals surface area contributed by atoms with Crippen LogP contribution in [0.15, 0.2) is 11.6 Å². The summed E-state index contributed by atoms with van der Waals surface area (Å²) in [6, 6.07) is 0. The van der Waals surface area contributed by atoms with E-state index in [1.165, 1.54) is 5.57 Å². The van der Waals surface area contributed by atoms with Gasteiger partial charge in [0, 0.05) is 12.8 Å². The van der Waals surface area contributed by atoms with E-state index in [4.69, 9.17) is 9.47 Å². The molecule has 0 radical (unpaired) electrons. The van der Waals surface area contributed by atoms with Crippen LogP contribution in [0.25, 0.3) is 0 Å². The minimum absolute atomic E-state index is 0.0343. The van der Waals surface area contributed by atoms with Gasteiger partial charge >= 0.3 is 0 Å². The van der Waals surface area contributed by atoms with Crippen LogP contribution in [0, 0.1) is 0 Å². The zero-order valence-corrected chi connectivity index (χ0v) is 8.33. The highest BCUT2D eigenvalue weighted by molar-refractivity contribution is 5.91. The first-order valence-electron chi connectivity index (χ1n) is 5.30. The first kappa shape index (κ1) is 9.87. The van der Waals surface area contributed by atoms with E-state index in [1.807, 2.05) is 0 Å². The number of carbonyl (C=O) groups is 1. The van der Waals surface area contributed by atoms with Gasteiger partial charge < -0.3 is 9.47 Å². The number of carbonyl (C=O) groups excluding carboxylic acids is 1. The van der Waals surface area contributed by atoms with Gasteiger partial charge in [-0.3, -0.25) is 4.79 Å². The molecule has 0 unspecified atom stereocenters. The van der Waals surface area contributed by atoms with Gasteiger partial charge in [-0.1, -0.05) is 5.57 Å². The predicted octanol–water partition coefficient (Wildman–Crippen LogP) is 1.82. The maximum Gasteiger partial charge on any atom is 0.158 e.